The molecular formula is C12H14N2O3. The molecule has 0 bridgehead atoms. The van der Waals surface area contributed by atoms with Crippen molar-refractivity contribution in [2.24, 2.45) is 0 Å². The quantitative estimate of drug-likeness (QED) is 0.444. The normalized spacial score (nSPS) is 10.3. The zero-order valence-corrected chi connectivity index (χ0v) is 10.0. The van der Waals surface area contributed by atoms with Crippen LogP contribution in [-0.2, 0) is 4.74 Å². The van der Waals surface area contributed by atoms with Crippen LogP contribution in [0.3, 0.4) is 0 Å². The van der Waals surface area contributed by atoms with Crippen LogP contribution in [0.15, 0.2) is 30.6 Å². The van der Waals surface area contributed by atoms with E-state index >= 15 is 0 Å². The Balaban J connectivity index is 2.92. The second-order valence-electron chi connectivity index (χ2n) is 3.56. The summed E-state index contributed by atoms with van der Waals surface area (Å²) in [5.74, 6) is -0.748. The van der Waals surface area contributed by atoms with Crippen LogP contribution in [0.2, 0.25) is 0 Å². The number of ether oxygens (including phenoxy) is 1. The second-order valence-corrected chi connectivity index (χ2v) is 3.56. The van der Waals surface area contributed by atoms with Gasteiger partial charge in [0.25, 0.3) is 0 Å². The Labute approximate surface area is 99.7 Å². The maximum Gasteiger partial charge on any atom is 0.337 e. The summed E-state index contributed by atoms with van der Waals surface area (Å²) in [5, 5.41) is 0. The number of rotatable bonds is 4. The Morgan fingerprint density at radius 1 is 1.41 bits per heavy atom. The number of esters is 1. The molecule has 0 atom stereocenters. The third-order valence-electron chi connectivity index (χ3n) is 1.96. The molecule has 0 fully saturated rings. The van der Waals surface area contributed by atoms with Gasteiger partial charge in [-0.3, -0.25) is 9.78 Å². The van der Waals surface area contributed by atoms with E-state index in [-0.39, 0.29) is 11.5 Å². The number of carbonyl (C=O) groups excluding carboxylic acids is 2. The lowest BCUT2D eigenvalue weighted by Crippen LogP contribution is -2.07. The fraction of sp³-hybridized carbons (Fsp3) is 0.250. The van der Waals surface area contributed by atoms with E-state index in [2.05, 4.69) is 9.72 Å². The highest BCUT2D eigenvalue weighted by Gasteiger charge is 2.09. The maximum absolute atomic E-state index is 11.7. The first-order valence-corrected chi connectivity index (χ1v) is 4.98. The third kappa shape index (κ3) is 3.71. The molecule has 90 valence electrons. The van der Waals surface area contributed by atoms with Gasteiger partial charge in [0.1, 0.15) is 5.69 Å². The molecule has 1 aromatic rings. The molecule has 0 aliphatic heterocycles. The van der Waals surface area contributed by atoms with Gasteiger partial charge in [-0.2, -0.15) is 0 Å². The number of aromatic nitrogens is 1. The number of allylic oxidation sites excluding steroid dienone is 1. The van der Waals surface area contributed by atoms with Crippen molar-refractivity contribution in [1.29, 1.82) is 0 Å². The molecule has 0 saturated heterocycles. The first kappa shape index (κ1) is 12.9. The first-order valence-electron chi connectivity index (χ1n) is 4.98. The molecule has 0 N–H and O–H groups in total. The van der Waals surface area contributed by atoms with Crippen molar-refractivity contribution in [1.82, 2.24) is 9.88 Å². The minimum atomic E-state index is -0.488. The highest BCUT2D eigenvalue weighted by molar-refractivity contribution is 6.04. The van der Waals surface area contributed by atoms with Gasteiger partial charge in [0, 0.05) is 32.6 Å². The highest BCUT2D eigenvalue weighted by Crippen LogP contribution is 2.05. The molecule has 1 aromatic heterocycles. The van der Waals surface area contributed by atoms with E-state index in [1.54, 1.807) is 11.1 Å². The van der Waals surface area contributed by atoms with Crippen molar-refractivity contribution in [3.05, 3.63) is 41.9 Å². The smallest absolute Gasteiger partial charge is 0.337 e. The monoisotopic (exact) mass is 234 g/mol. The number of carbonyl (C=O) groups is 2. The van der Waals surface area contributed by atoms with Crippen LogP contribution in [-0.4, -0.2) is 42.8 Å². The SMILES string of the molecule is COC(=O)c1ccnc(C(=O)C=CN(C)C)c1. The molecular weight excluding hydrogens is 220 g/mol. The van der Waals surface area contributed by atoms with Gasteiger partial charge in [0.15, 0.2) is 0 Å². The highest BCUT2D eigenvalue weighted by atomic mass is 16.5. The van der Waals surface area contributed by atoms with Crippen molar-refractivity contribution >= 4 is 11.8 Å². The van der Waals surface area contributed by atoms with Gasteiger partial charge in [-0.15, -0.1) is 0 Å². The fourth-order valence-electron chi connectivity index (χ4n) is 1.11. The number of pyridine rings is 1. The average molecular weight is 234 g/mol. The van der Waals surface area contributed by atoms with Gasteiger partial charge in [-0.25, -0.2) is 4.79 Å². The van der Waals surface area contributed by atoms with Crippen molar-refractivity contribution < 1.29 is 14.3 Å². The van der Waals surface area contributed by atoms with Gasteiger partial charge in [0.2, 0.25) is 5.78 Å². The molecule has 0 aliphatic carbocycles. The predicted octanol–water partition coefficient (Wildman–Crippen LogP) is 1.13. The number of hydrogen-bond donors (Lipinski definition) is 0. The van der Waals surface area contributed by atoms with Crippen LogP contribution in [0.4, 0.5) is 0 Å². The summed E-state index contributed by atoms with van der Waals surface area (Å²) in [7, 11) is 4.90. The minimum absolute atomic E-state index is 0.214. The molecule has 5 nitrogen and oxygen atoms in total. The molecule has 0 aliphatic rings. The van der Waals surface area contributed by atoms with E-state index in [9.17, 15) is 9.59 Å². The van der Waals surface area contributed by atoms with Crippen molar-refractivity contribution in [2.75, 3.05) is 21.2 Å². The summed E-state index contributed by atoms with van der Waals surface area (Å²) >= 11 is 0. The van der Waals surface area contributed by atoms with Crippen molar-refractivity contribution in [3.8, 4) is 0 Å². The summed E-state index contributed by atoms with van der Waals surface area (Å²) < 4.78 is 4.56. The molecule has 5 heteroatoms. The third-order valence-corrected chi connectivity index (χ3v) is 1.96. The van der Waals surface area contributed by atoms with E-state index in [1.807, 2.05) is 14.1 Å². The molecule has 0 radical (unpaired) electrons. The molecule has 0 unspecified atom stereocenters. The lowest BCUT2D eigenvalue weighted by Gasteiger charge is -2.03. The van der Waals surface area contributed by atoms with Crippen LogP contribution in [0.1, 0.15) is 20.8 Å². The molecule has 1 rings (SSSR count). The van der Waals surface area contributed by atoms with E-state index in [1.165, 1.54) is 31.5 Å². The Morgan fingerprint density at radius 2 is 2.12 bits per heavy atom. The Bertz CT molecular complexity index is 453. The van der Waals surface area contributed by atoms with Gasteiger partial charge in [-0.05, 0) is 12.1 Å². The molecule has 0 spiro atoms. The van der Waals surface area contributed by atoms with E-state index < -0.39 is 5.97 Å². The summed E-state index contributed by atoms with van der Waals surface area (Å²) in [6.07, 6.45) is 4.42. The van der Waals surface area contributed by atoms with Crippen LogP contribution in [0, 0.1) is 0 Å². The van der Waals surface area contributed by atoms with E-state index in [0.29, 0.717) is 5.56 Å². The second kappa shape index (κ2) is 5.79. The summed E-state index contributed by atoms with van der Waals surface area (Å²) in [5.41, 5.74) is 0.523. The maximum atomic E-state index is 11.7. The van der Waals surface area contributed by atoms with Crippen LogP contribution < -0.4 is 0 Å². The Kier molecular flexibility index (Phi) is 4.39. The first-order chi connectivity index (χ1) is 8.04. The fourth-order valence-corrected chi connectivity index (χ4v) is 1.11. The lowest BCUT2D eigenvalue weighted by molar-refractivity contribution is 0.0600. The minimum Gasteiger partial charge on any atom is -0.465 e. The standard InChI is InChI=1S/C12H14N2O3/c1-14(2)7-5-11(15)10-8-9(4-6-13-10)12(16)17-3/h4-8H,1-3H3. The predicted molar refractivity (Wildman–Crippen MR) is 62.7 cm³/mol. The van der Waals surface area contributed by atoms with Crippen LogP contribution in [0.5, 0.6) is 0 Å². The van der Waals surface area contributed by atoms with Gasteiger partial charge >= 0.3 is 5.97 Å². The van der Waals surface area contributed by atoms with Gasteiger partial charge in [-0.1, -0.05) is 0 Å². The molecule has 1 heterocycles. The zero-order valence-electron chi connectivity index (χ0n) is 10.0. The molecule has 17 heavy (non-hydrogen) atoms. The van der Waals surface area contributed by atoms with Crippen LogP contribution >= 0.6 is 0 Å². The van der Waals surface area contributed by atoms with Crippen molar-refractivity contribution in [3.63, 3.8) is 0 Å². The van der Waals surface area contributed by atoms with Gasteiger partial charge in [0.05, 0.1) is 12.7 Å². The number of hydrogen-bond acceptors (Lipinski definition) is 5. The number of methoxy groups -OCH3 is 1. The van der Waals surface area contributed by atoms with E-state index in [4.69, 9.17) is 0 Å². The summed E-state index contributed by atoms with van der Waals surface area (Å²) in [4.78, 5) is 28.6. The molecule has 0 amide bonds. The largest absolute Gasteiger partial charge is 0.465 e. The van der Waals surface area contributed by atoms with Gasteiger partial charge < -0.3 is 9.64 Å². The average Bonchev–Trinajstić information content (AvgIpc) is 2.35. The lowest BCUT2D eigenvalue weighted by atomic mass is 10.2. The van der Waals surface area contributed by atoms with E-state index in [0.717, 1.165) is 0 Å². The topological polar surface area (TPSA) is 59.5 Å². The number of nitrogens with zero attached hydrogens (tertiary/aromatic N) is 2. The Morgan fingerprint density at radius 3 is 2.71 bits per heavy atom. The summed E-state index contributed by atoms with van der Waals surface area (Å²) in [6.45, 7) is 0. The van der Waals surface area contributed by atoms with Crippen LogP contribution in [0.25, 0.3) is 0 Å². The molecule has 0 saturated carbocycles. The molecule has 0 aromatic carbocycles. The Hall–Kier alpha value is -2.17. The van der Waals surface area contributed by atoms with Crippen molar-refractivity contribution in [2.45, 2.75) is 0 Å². The zero-order chi connectivity index (χ0) is 12.8. The summed E-state index contributed by atoms with van der Waals surface area (Å²) in [6, 6.07) is 2.91. The number of ketones is 1.